The summed E-state index contributed by atoms with van der Waals surface area (Å²) in [4.78, 5) is 0. The van der Waals surface area contributed by atoms with E-state index in [1.807, 2.05) is 30.3 Å². The summed E-state index contributed by atoms with van der Waals surface area (Å²) < 4.78 is 0. The van der Waals surface area contributed by atoms with E-state index in [4.69, 9.17) is 0 Å². The zero-order valence-corrected chi connectivity index (χ0v) is 7.53. The summed E-state index contributed by atoms with van der Waals surface area (Å²) in [6, 6.07) is 10.1. The molecular weight excluding hydrogens is 150 g/mol. The van der Waals surface area contributed by atoms with Crippen molar-refractivity contribution < 1.29 is 0 Å². The third kappa shape index (κ3) is 2.64. The second kappa shape index (κ2) is 4.24. The number of hydroxylamine groups is 2. The van der Waals surface area contributed by atoms with E-state index in [1.165, 1.54) is 5.56 Å². The summed E-state index contributed by atoms with van der Waals surface area (Å²) in [6.45, 7) is 2.62. The van der Waals surface area contributed by atoms with E-state index in [9.17, 15) is 5.21 Å². The second-order valence-electron chi connectivity index (χ2n) is 3.12. The van der Waals surface area contributed by atoms with Crippen LogP contribution in [-0.4, -0.2) is 18.7 Å². The van der Waals surface area contributed by atoms with E-state index < -0.39 is 0 Å². The fourth-order valence-corrected chi connectivity index (χ4v) is 1.27. The fraction of sp³-hybridized carbons (Fsp3) is 0.400. The van der Waals surface area contributed by atoms with Crippen molar-refractivity contribution in [1.29, 1.82) is 0 Å². The maximum absolute atomic E-state index is 10.7. The van der Waals surface area contributed by atoms with Gasteiger partial charge < -0.3 is 10.3 Å². The van der Waals surface area contributed by atoms with E-state index in [0.29, 0.717) is 12.5 Å². The predicted molar refractivity (Wildman–Crippen MR) is 50.9 cm³/mol. The summed E-state index contributed by atoms with van der Waals surface area (Å²) >= 11 is 0. The molecule has 0 saturated heterocycles. The van der Waals surface area contributed by atoms with E-state index in [0.717, 1.165) is 5.06 Å². The Morgan fingerprint density at radius 1 is 1.33 bits per heavy atom. The first kappa shape index (κ1) is 9.23. The smallest absolute Gasteiger partial charge is 0.00719 e. The molecule has 0 spiro atoms. The second-order valence-corrected chi connectivity index (χ2v) is 3.12. The standard InChI is InChI=1S/C10H14NO/c1-9(8-11(2)12)10-6-4-3-5-7-10/h3-7,9H,8H2,1-2H3/q-1. The van der Waals surface area contributed by atoms with Crippen molar-refractivity contribution >= 4 is 0 Å². The monoisotopic (exact) mass is 164 g/mol. The van der Waals surface area contributed by atoms with E-state index >= 15 is 0 Å². The molecule has 0 aliphatic rings. The Morgan fingerprint density at radius 2 is 1.92 bits per heavy atom. The van der Waals surface area contributed by atoms with Gasteiger partial charge in [-0.2, -0.15) is 0 Å². The van der Waals surface area contributed by atoms with E-state index in [1.54, 1.807) is 7.05 Å². The lowest BCUT2D eigenvalue weighted by Gasteiger charge is -2.26. The highest BCUT2D eigenvalue weighted by atomic mass is 16.5. The van der Waals surface area contributed by atoms with Crippen LogP contribution in [0.15, 0.2) is 30.3 Å². The molecule has 0 aromatic heterocycles. The van der Waals surface area contributed by atoms with Gasteiger partial charge in [0.05, 0.1) is 0 Å². The lowest BCUT2D eigenvalue weighted by Crippen LogP contribution is -2.16. The van der Waals surface area contributed by atoms with Gasteiger partial charge in [0, 0.05) is 0 Å². The van der Waals surface area contributed by atoms with Crippen LogP contribution in [0.1, 0.15) is 18.4 Å². The van der Waals surface area contributed by atoms with E-state index in [2.05, 4.69) is 6.92 Å². The predicted octanol–water partition coefficient (Wildman–Crippen LogP) is 2.22. The lowest BCUT2D eigenvalue weighted by molar-refractivity contribution is 0.426. The Bertz CT molecular complexity index is 221. The highest BCUT2D eigenvalue weighted by molar-refractivity contribution is 5.18. The Labute approximate surface area is 73.4 Å². The zero-order chi connectivity index (χ0) is 8.97. The molecule has 0 aliphatic carbocycles. The molecule has 0 N–H and O–H groups in total. The molecule has 0 fully saturated rings. The molecule has 0 heterocycles. The third-order valence-electron chi connectivity index (χ3n) is 1.90. The number of rotatable bonds is 3. The maximum Gasteiger partial charge on any atom is -0.00719 e. The van der Waals surface area contributed by atoms with Crippen LogP contribution in [0.3, 0.4) is 0 Å². The first-order chi connectivity index (χ1) is 5.70. The molecular formula is C10H14NO-. The van der Waals surface area contributed by atoms with Crippen LogP contribution in [0.25, 0.3) is 0 Å². The molecule has 0 aliphatic heterocycles. The topological polar surface area (TPSA) is 26.3 Å². The van der Waals surface area contributed by atoms with Crippen LogP contribution in [0.5, 0.6) is 0 Å². The van der Waals surface area contributed by atoms with Gasteiger partial charge in [-0.05, 0) is 25.1 Å². The van der Waals surface area contributed by atoms with Gasteiger partial charge in [0.2, 0.25) is 0 Å². The normalized spacial score (nSPS) is 13.3. The van der Waals surface area contributed by atoms with Gasteiger partial charge in [-0.15, -0.1) is 0 Å². The van der Waals surface area contributed by atoms with Crippen molar-refractivity contribution in [3.63, 3.8) is 0 Å². The first-order valence-electron chi connectivity index (χ1n) is 4.13. The number of nitrogens with zero attached hydrogens (tertiary/aromatic N) is 1. The lowest BCUT2D eigenvalue weighted by atomic mass is 10.0. The van der Waals surface area contributed by atoms with Crippen LogP contribution in [0, 0.1) is 5.21 Å². The van der Waals surface area contributed by atoms with Crippen molar-refractivity contribution in [3.8, 4) is 0 Å². The summed E-state index contributed by atoms with van der Waals surface area (Å²) in [6.07, 6.45) is 0. The Morgan fingerprint density at radius 3 is 2.42 bits per heavy atom. The van der Waals surface area contributed by atoms with Crippen molar-refractivity contribution in [2.24, 2.45) is 0 Å². The van der Waals surface area contributed by atoms with Crippen LogP contribution in [-0.2, 0) is 0 Å². The van der Waals surface area contributed by atoms with Crippen molar-refractivity contribution in [3.05, 3.63) is 41.1 Å². The minimum atomic E-state index is 0.314. The minimum absolute atomic E-state index is 0.314. The van der Waals surface area contributed by atoms with Gasteiger partial charge in [-0.1, -0.05) is 37.3 Å². The molecule has 0 radical (unpaired) electrons. The van der Waals surface area contributed by atoms with E-state index in [-0.39, 0.29) is 0 Å². The molecule has 1 atom stereocenters. The van der Waals surface area contributed by atoms with Gasteiger partial charge in [0.15, 0.2) is 0 Å². The number of likely N-dealkylation sites (N-methyl/N-ethyl adjacent to an activating group) is 1. The largest absolute Gasteiger partial charge is 0.785 e. The summed E-state index contributed by atoms with van der Waals surface area (Å²) in [7, 11) is 1.56. The van der Waals surface area contributed by atoms with Gasteiger partial charge >= 0.3 is 0 Å². The molecule has 1 rings (SSSR count). The van der Waals surface area contributed by atoms with Gasteiger partial charge in [0.25, 0.3) is 0 Å². The molecule has 2 nitrogen and oxygen atoms in total. The Balaban J connectivity index is 2.59. The van der Waals surface area contributed by atoms with Crippen molar-refractivity contribution in [1.82, 2.24) is 5.06 Å². The quantitative estimate of drug-likeness (QED) is 0.640. The summed E-state index contributed by atoms with van der Waals surface area (Å²) in [5.74, 6) is 0.314. The third-order valence-corrected chi connectivity index (χ3v) is 1.90. The molecule has 66 valence electrons. The molecule has 12 heavy (non-hydrogen) atoms. The highest BCUT2D eigenvalue weighted by Crippen LogP contribution is 2.14. The summed E-state index contributed by atoms with van der Waals surface area (Å²) in [5, 5.41) is 11.7. The zero-order valence-electron chi connectivity index (χ0n) is 7.53. The highest BCUT2D eigenvalue weighted by Gasteiger charge is 2.02. The average molecular weight is 164 g/mol. The van der Waals surface area contributed by atoms with Gasteiger partial charge in [-0.25, -0.2) is 0 Å². The van der Waals surface area contributed by atoms with Gasteiger partial charge in [-0.3, -0.25) is 0 Å². The fourth-order valence-electron chi connectivity index (χ4n) is 1.27. The molecule has 0 saturated carbocycles. The molecule has 0 amide bonds. The van der Waals surface area contributed by atoms with Crippen LogP contribution in [0.2, 0.25) is 0 Å². The van der Waals surface area contributed by atoms with Gasteiger partial charge in [0.1, 0.15) is 0 Å². The molecule has 1 aromatic rings. The summed E-state index contributed by atoms with van der Waals surface area (Å²) in [5.41, 5.74) is 1.22. The average Bonchev–Trinajstić information content (AvgIpc) is 2.05. The number of hydrogen-bond donors (Lipinski definition) is 0. The molecule has 1 aromatic carbocycles. The van der Waals surface area contributed by atoms with Crippen molar-refractivity contribution in [2.45, 2.75) is 12.8 Å². The number of benzene rings is 1. The Kier molecular flexibility index (Phi) is 3.26. The SMILES string of the molecule is CC(CN(C)[O-])c1ccccc1. The first-order valence-corrected chi connectivity index (χ1v) is 4.13. The van der Waals surface area contributed by atoms with Crippen molar-refractivity contribution in [2.75, 3.05) is 13.6 Å². The van der Waals surface area contributed by atoms with Crippen LogP contribution < -0.4 is 0 Å². The van der Waals surface area contributed by atoms with Crippen LogP contribution in [0.4, 0.5) is 0 Å². The molecule has 1 unspecified atom stereocenters. The minimum Gasteiger partial charge on any atom is -0.785 e. The molecule has 0 bridgehead atoms. The van der Waals surface area contributed by atoms with Crippen LogP contribution >= 0.6 is 0 Å². The molecule has 2 heteroatoms. The number of hydrogen-bond acceptors (Lipinski definition) is 2. The Hall–Kier alpha value is -0.860. The maximum atomic E-state index is 10.7.